The fourth-order valence-electron chi connectivity index (χ4n) is 1.93. The molecule has 1 heterocycles. The second-order valence-electron chi connectivity index (χ2n) is 3.87. The predicted octanol–water partition coefficient (Wildman–Crippen LogP) is 0.830. The summed E-state index contributed by atoms with van der Waals surface area (Å²) in [6.07, 6.45) is 0.646. The molecule has 74 valence electrons. The van der Waals surface area contributed by atoms with Gasteiger partial charge in [-0.05, 0) is 19.0 Å². The molecule has 0 bridgehead atoms. The Balaban J connectivity index is 2.54. The molecule has 3 heteroatoms. The van der Waals surface area contributed by atoms with Crippen LogP contribution in [0.15, 0.2) is 0 Å². The molecular weight excluding hydrogens is 162 g/mol. The standard InChI is InChI=1S/C10H19N3/c1-3-13-8-9(2)6-12-7-10(13)4-5-11/h9-10,12H,3-4,6-8H2,1-2H3. The second-order valence-corrected chi connectivity index (χ2v) is 3.87. The maximum Gasteiger partial charge on any atom is 0.0638 e. The lowest BCUT2D eigenvalue weighted by molar-refractivity contribution is 0.204. The Kier molecular flexibility index (Phi) is 4.20. The van der Waals surface area contributed by atoms with Crippen LogP contribution < -0.4 is 5.32 Å². The van der Waals surface area contributed by atoms with Crippen LogP contribution in [0, 0.1) is 17.2 Å². The number of nitriles is 1. The van der Waals surface area contributed by atoms with Gasteiger partial charge in [0.1, 0.15) is 0 Å². The molecule has 3 nitrogen and oxygen atoms in total. The average Bonchev–Trinajstić information content (AvgIpc) is 2.29. The van der Waals surface area contributed by atoms with Crippen molar-refractivity contribution in [3.8, 4) is 6.07 Å². The van der Waals surface area contributed by atoms with Gasteiger partial charge in [0.05, 0.1) is 12.5 Å². The van der Waals surface area contributed by atoms with Gasteiger partial charge >= 0.3 is 0 Å². The van der Waals surface area contributed by atoms with Crippen LogP contribution in [0.4, 0.5) is 0 Å². The normalized spacial score (nSPS) is 30.8. The van der Waals surface area contributed by atoms with E-state index in [1.54, 1.807) is 0 Å². The maximum absolute atomic E-state index is 8.69. The first-order valence-corrected chi connectivity index (χ1v) is 5.09. The highest BCUT2D eigenvalue weighted by Gasteiger charge is 2.21. The molecule has 1 N–H and O–H groups in total. The van der Waals surface area contributed by atoms with Gasteiger partial charge in [-0.2, -0.15) is 5.26 Å². The van der Waals surface area contributed by atoms with E-state index in [0.717, 1.165) is 26.2 Å². The summed E-state index contributed by atoms with van der Waals surface area (Å²) in [6.45, 7) is 8.64. The minimum Gasteiger partial charge on any atom is -0.315 e. The molecule has 0 aliphatic carbocycles. The van der Waals surface area contributed by atoms with Crippen LogP contribution >= 0.6 is 0 Å². The summed E-state index contributed by atoms with van der Waals surface area (Å²) >= 11 is 0. The first kappa shape index (κ1) is 10.5. The molecule has 2 unspecified atom stereocenters. The van der Waals surface area contributed by atoms with Gasteiger partial charge in [-0.3, -0.25) is 4.90 Å². The van der Waals surface area contributed by atoms with Gasteiger partial charge in [0, 0.05) is 19.1 Å². The Hall–Kier alpha value is -0.590. The highest BCUT2D eigenvalue weighted by molar-refractivity contribution is 4.87. The Morgan fingerprint density at radius 2 is 2.31 bits per heavy atom. The van der Waals surface area contributed by atoms with E-state index >= 15 is 0 Å². The molecule has 0 amide bonds. The summed E-state index contributed by atoms with van der Waals surface area (Å²) < 4.78 is 0. The Bertz CT molecular complexity index is 185. The Morgan fingerprint density at radius 3 is 2.92 bits per heavy atom. The highest BCUT2D eigenvalue weighted by Crippen LogP contribution is 2.10. The van der Waals surface area contributed by atoms with Crippen LogP contribution in [0.2, 0.25) is 0 Å². The van der Waals surface area contributed by atoms with Crippen molar-refractivity contribution < 1.29 is 0 Å². The number of nitrogens with zero attached hydrogens (tertiary/aromatic N) is 2. The largest absolute Gasteiger partial charge is 0.315 e. The van der Waals surface area contributed by atoms with Crippen molar-refractivity contribution in [2.75, 3.05) is 26.2 Å². The molecule has 0 aromatic heterocycles. The first-order valence-electron chi connectivity index (χ1n) is 5.09. The summed E-state index contributed by atoms with van der Waals surface area (Å²) in [5.41, 5.74) is 0. The van der Waals surface area contributed by atoms with Crippen molar-refractivity contribution in [3.05, 3.63) is 0 Å². The van der Waals surface area contributed by atoms with E-state index in [-0.39, 0.29) is 0 Å². The third kappa shape index (κ3) is 2.98. The van der Waals surface area contributed by atoms with Gasteiger partial charge in [-0.25, -0.2) is 0 Å². The molecule has 0 aromatic carbocycles. The van der Waals surface area contributed by atoms with Gasteiger partial charge in [0.2, 0.25) is 0 Å². The van der Waals surface area contributed by atoms with Crippen LogP contribution in [0.3, 0.4) is 0 Å². The van der Waals surface area contributed by atoms with Gasteiger partial charge in [-0.1, -0.05) is 13.8 Å². The lowest BCUT2D eigenvalue weighted by Gasteiger charge is -2.27. The number of hydrogen-bond donors (Lipinski definition) is 1. The lowest BCUT2D eigenvalue weighted by atomic mass is 10.1. The highest BCUT2D eigenvalue weighted by atomic mass is 15.2. The molecule has 0 radical (unpaired) electrons. The van der Waals surface area contributed by atoms with Crippen molar-refractivity contribution in [2.24, 2.45) is 5.92 Å². The zero-order valence-electron chi connectivity index (χ0n) is 8.58. The van der Waals surface area contributed by atoms with E-state index < -0.39 is 0 Å². The number of rotatable bonds is 2. The van der Waals surface area contributed by atoms with Crippen LogP contribution in [0.25, 0.3) is 0 Å². The van der Waals surface area contributed by atoms with Gasteiger partial charge in [0.15, 0.2) is 0 Å². The topological polar surface area (TPSA) is 39.1 Å². The summed E-state index contributed by atoms with van der Waals surface area (Å²) in [5, 5.41) is 12.1. The smallest absolute Gasteiger partial charge is 0.0638 e. The van der Waals surface area contributed by atoms with E-state index in [9.17, 15) is 0 Å². The fourth-order valence-corrected chi connectivity index (χ4v) is 1.93. The first-order chi connectivity index (χ1) is 6.27. The molecule has 1 fully saturated rings. The zero-order chi connectivity index (χ0) is 9.68. The van der Waals surface area contributed by atoms with Crippen LogP contribution in [0.5, 0.6) is 0 Å². The van der Waals surface area contributed by atoms with Gasteiger partial charge in [-0.15, -0.1) is 0 Å². The van der Waals surface area contributed by atoms with E-state index in [1.165, 1.54) is 0 Å². The molecule has 0 saturated carbocycles. The van der Waals surface area contributed by atoms with E-state index in [2.05, 4.69) is 30.1 Å². The molecule has 1 saturated heterocycles. The molecule has 1 rings (SSSR count). The number of nitrogens with one attached hydrogen (secondary N) is 1. The minimum atomic E-state index is 0.417. The van der Waals surface area contributed by atoms with Crippen LogP contribution in [-0.4, -0.2) is 37.1 Å². The minimum absolute atomic E-state index is 0.417. The fraction of sp³-hybridized carbons (Fsp3) is 0.900. The molecular formula is C10H19N3. The average molecular weight is 181 g/mol. The molecule has 1 aliphatic heterocycles. The number of likely N-dealkylation sites (N-methyl/N-ethyl adjacent to an activating group) is 1. The van der Waals surface area contributed by atoms with E-state index in [0.29, 0.717) is 18.4 Å². The second kappa shape index (κ2) is 5.21. The Morgan fingerprint density at radius 1 is 1.54 bits per heavy atom. The van der Waals surface area contributed by atoms with Crippen LogP contribution in [0.1, 0.15) is 20.3 Å². The van der Waals surface area contributed by atoms with Gasteiger partial charge < -0.3 is 5.32 Å². The van der Waals surface area contributed by atoms with Crippen LogP contribution in [-0.2, 0) is 0 Å². The molecule has 2 atom stereocenters. The van der Waals surface area contributed by atoms with Crippen molar-refractivity contribution in [1.82, 2.24) is 10.2 Å². The zero-order valence-corrected chi connectivity index (χ0v) is 8.58. The predicted molar refractivity (Wildman–Crippen MR) is 53.3 cm³/mol. The molecule has 13 heavy (non-hydrogen) atoms. The van der Waals surface area contributed by atoms with Crippen molar-refractivity contribution in [3.63, 3.8) is 0 Å². The molecule has 0 spiro atoms. The molecule has 1 aliphatic rings. The monoisotopic (exact) mass is 181 g/mol. The maximum atomic E-state index is 8.69. The van der Waals surface area contributed by atoms with Crippen molar-refractivity contribution in [2.45, 2.75) is 26.3 Å². The summed E-state index contributed by atoms with van der Waals surface area (Å²) in [6, 6.07) is 2.68. The Labute approximate surface area is 80.7 Å². The number of hydrogen-bond acceptors (Lipinski definition) is 3. The summed E-state index contributed by atoms with van der Waals surface area (Å²) in [5.74, 6) is 0.698. The van der Waals surface area contributed by atoms with Crippen molar-refractivity contribution in [1.29, 1.82) is 5.26 Å². The van der Waals surface area contributed by atoms with Gasteiger partial charge in [0.25, 0.3) is 0 Å². The summed E-state index contributed by atoms with van der Waals surface area (Å²) in [4.78, 5) is 2.41. The van der Waals surface area contributed by atoms with E-state index in [4.69, 9.17) is 5.26 Å². The summed E-state index contributed by atoms with van der Waals surface area (Å²) in [7, 11) is 0. The molecule has 0 aromatic rings. The quantitative estimate of drug-likeness (QED) is 0.686. The lowest BCUT2D eigenvalue weighted by Crippen LogP contribution is -2.39. The van der Waals surface area contributed by atoms with E-state index in [1.807, 2.05) is 0 Å². The van der Waals surface area contributed by atoms with Crippen molar-refractivity contribution >= 4 is 0 Å². The SMILES string of the molecule is CCN1CC(C)CNCC1CC#N. The third-order valence-electron chi connectivity index (χ3n) is 2.67. The third-order valence-corrected chi connectivity index (χ3v) is 2.67.